The average Bonchev–Trinajstić information content (AvgIpc) is 2.86. The molecular formula is C16H17N3O2. The molecule has 0 aromatic carbocycles. The minimum atomic E-state index is -1.12. The van der Waals surface area contributed by atoms with E-state index in [0.717, 1.165) is 22.2 Å². The number of methoxy groups -OCH3 is 1. The zero-order chi connectivity index (χ0) is 15.0. The fourth-order valence-electron chi connectivity index (χ4n) is 2.69. The Balaban J connectivity index is 2.23. The molecule has 3 aromatic rings. The van der Waals surface area contributed by atoms with Crippen molar-refractivity contribution < 1.29 is 9.84 Å². The van der Waals surface area contributed by atoms with Crippen molar-refractivity contribution in [1.82, 2.24) is 14.5 Å². The lowest BCUT2D eigenvalue weighted by atomic mass is 9.93. The predicted octanol–water partition coefficient (Wildman–Crippen LogP) is 2.23. The molecule has 0 aliphatic heterocycles. The third kappa shape index (κ3) is 2.06. The van der Waals surface area contributed by atoms with Crippen molar-refractivity contribution in [2.45, 2.75) is 12.5 Å². The lowest BCUT2D eigenvalue weighted by molar-refractivity contribution is 0.0945. The summed E-state index contributed by atoms with van der Waals surface area (Å²) in [4.78, 5) is 8.20. The number of rotatable bonds is 3. The van der Waals surface area contributed by atoms with E-state index in [4.69, 9.17) is 4.74 Å². The molecule has 21 heavy (non-hydrogen) atoms. The molecule has 0 aliphatic carbocycles. The Hall–Kier alpha value is -2.40. The summed E-state index contributed by atoms with van der Waals surface area (Å²) in [5.41, 5.74) is 1.40. The van der Waals surface area contributed by atoms with Gasteiger partial charge >= 0.3 is 0 Å². The predicted molar refractivity (Wildman–Crippen MR) is 80.2 cm³/mol. The maximum absolute atomic E-state index is 11.0. The van der Waals surface area contributed by atoms with Crippen LogP contribution in [-0.2, 0) is 12.6 Å². The molecule has 0 radical (unpaired) electrons. The molecular weight excluding hydrogens is 266 g/mol. The Morgan fingerprint density at radius 2 is 1.90 bits per heavy atom. The average molecular weight is 283 g/mol. The maximum atomic E-state index is 11.0. The monoisotopic (exact) mass is 283 g/mol. The summed E-state index contributed by atoms with van der Waals surface area (Å²) in [5.74, 6) is 0.555. The number of aryl methyl sites for hydroxylation is 1. The highest BCUT2D eigenvalue weighted by Gasteiger charge is 2.30. The van der Waals surface area contributed by atoms with Crippen molar-refractivity contribution in [3.8, 4) is 5.88 Å². The summed E-state index contributed by atoms with van der Waals surface area (Å²) >= 11 is 0. The minimum absolute atomic E-state index is 0.555. The Morgan fingerprint density at radius 1 is 1.19 bits per heavy atom. The van der Waals surface area contributed by atoms with Crippen molar-refractivity contribution in [3.63, 3.8) is 0 Å². The van der Waals surface area contributed by atoms with E-state index in [1.807, 2.05) is 35.9 Å². The Kier molecular flexibility index (Phi) is 3.14. The quantitative estimate of drug-likeness (QED) is 0.800. The van der Waals surface area contributed by atoms with Gasteiger partial charge in [0.25, 0.3) is 0 Å². The molecule has 5 nitrogen and oxygen atoms in total. The zero-order valence-corrected chi connectivity index (χ0v) is 12.2. The van der Waals surface area contributed by atoms with Crippen molar-refractivity contribution >= 4 is 10.9 Å². The van der Waals surface area contributed by atoms with Crippen molar-refractivity contribution in [1.29, 1.82) is 0 Å². The van der Waals surface area contributed by atoms with Crippen molar-refractivity contribution in [3.05, 3.63) is 54.1 Å². The molecule has 3 rings (SSSR count). The van der Waals surface area contributed by atoms with Crippen LogP contribution in [0.1, 0.15) is 18.2 Å². The Bertz CT molecular complexity index is 779. The highest BCUT2D eigenvalue weighted by molar-refractivity contribution is 5.86. The van der Waals surface area contributed by atoms with Crippen molar-refractivity contribution in [2.24, 2.45) is 7.05 Å². The highest BCUT2D eigenvalue weighted by Crippen LogP contribution is 2.34. The molecule has 3 heterocycles. The first-order valence-electron chi connectivity index (χ1n) is 6.67. The SMILES string of the molecule is COc1nccc2c1cc([C@@](C)(O)c1ccncc1)n2C. The van der Waals surface area contributed by atoms with E-state index in [9.17, 15) is 5.11 Å². The van der Waals surface area contributed by atoms with E-state index in [2.05, 4.69) is 9.97 Å². The Labute approximate surface area is 122 Å². The van der Waals surface area contributed by atoms with Crippen LogP contribution in [0.15, 0.2) is 42.9 Å². The first kappa shape index (κ1) is 13.6. The number of nitrogens with zero attached hydrogens (tertiary/aromatic N) is 3. The van der Waals surface area contributed by atoms with Gasteiger partial charge in [0.2, 0.25) is 5.88 Å². The topological polar surface area (TPSA) is 60.2 Å². The van der Waals surface area contributed by atoms with Gasteiger partial charge in [-0.3, -0.25) is 4.98 Å². The summed E-state index contributed by atoms with van der Waals surface area (Å²) in [7, 11) is 3.52. The van der Waals surface area contributed by atoms with E-state index in [0.29, 0.717) is 5.88 Å². The van der Waals surface area contributed by atoms with E-state index < -0.39 is 5.60 Å². The number of pyridine rings is 2. The molecule has 0 spiro atoms. The molecule has 108 valence electrons. The summed E-state index contributed by atoms with van der Waals surface area (Å²) in [6.07, 6.45) is 5.05. The van der Waals surface area contributed by atoms with Gasteiger partial charge < -0.3 is 14.4 Å². The molecule has 0 amide bonds. The van der Waals surface area contributed by atoms with Gasteiger partial charge in [-0.15, -0.1) is 0 Å². The van der Waals surface area contributed by atoms with Gasteiger partial charge in [-0.2, -0.15) is 0 Å². The van der Waals surface area contributed by atoms with Crippen LogP contribution in [0.3, 0.4) is 0 Å². The number of ether oxygens (including phenoxy) is 1. The second-order valence-corrected chi connectivity index (χ2v) is 5.15. The summed E-state index contributed by atoms with van der Waals surface area (Å²) < 4.78 is 7.26. The Morgan fingerprint density at radius 3 is 2.57 bits per heavy atom. The third-order valence-corrected chi connectivity index (χ3v) is 3.87. The summed E-state index contributed by atoms with van der Waals surface area (Å²) in [6, 6.07) is 7.45. The molecule has 0 unspecified atom stereocenters. The van der Waals surface area contributed by atoms with Gasteiger partial charge in [-0.05, 0) is 36.8 Å². The van der Waals surface area contributed by atoms with Crippen LogP contribution in [0.2, 0.25) is 0 Å². The lowest BCUT2D eigenvalue weighted by Crippen LogP contribution is -2.25. The number of aromatic nitrogens is 3. The first-order valence-corrected chi connectivity index (χ1v) is 6.67. The molecule has 0 saturated heterocycles. The number of hydrogen-bond donors (Lipinski definition) is 1. The van der Waals surface area contributed by atoms with Gasteiger partial charge in [0.1, 0.15) is 5.60 Å². The molecule has 1 atom stereocenters. The molecule has 0 saturated carbocycles. The van der Waals surface area contributed by atoms with Crippen LogP contribution in [0.4, 0.5) is 0 Å². The van der Waals surface area contributed by atoms with Crippen LogP contribution >= 0.6 is 0 Å². The number of hydrogen-bond acceptors (Lipinski definition) is 4. The first-order chi connectivity index (χ1) is 10.1. The second kappa shape index (κ2) is 4.86. The third-order valence-electron chi connectivity index (χ3n) is 3.87. The lowest BCUT2D eigenvalue weighted by Gasteiger charge is -2.24. The van der Waals surface area contributed by atoms with E-state index in [1.54, 1.807) is 32.6 Å². The fourth-order valence-corrected chi connectivity index (χ4v) is 2.69. The molecule has 0 aliphatic rings. The molecule has 3 aromatic heterocycles. The summed E-state index contributed by atoms with van der Waals surface area (Å²) in [5, 5.41) is 11.9. The van der Waals surface area contributed by atoms with Crippen LogP contribution in [-0.4, -0.2) is 26.8 Å². The van der Waals surface area contributed by atoms with Gasteiger partial charge in [-0.25, -0.2) is 4.98 Å². The van der Waals surface area contributed by atoms with E-state index >= 15 is 0 Å². The van der Waals surface area contributed by atoms with E-state index in [-0.39, 0.29) is 0 Å². The zero-order valence-electron chi connectivity index (χ0n) is 12.2. The van der Waals surface area contributed by atoms with Gasteiger partial charge in [-0.1, -0.05) is 0 Å². The van der Waals surface area contributed by atoms with Crippen LogP contribution in [0, 0.1) is 0 Å². The van der Waals surface area contributed by atoms with Crippen molar-refractivity contribution in [2.75, 3.05) is 7.11 Å². The van der Waals surface area contributed by atoms with Gasteiger partial charge in [0.05, 0.1) is 23.7 Å². The molecule has 1 N–H and O–H groups in total. The van der Waals surface area contributed by atoms with Crippen LogP contribution in [0.5, 0.6) is 5.88 Å². The second-order valence-electron chi connectivity index (χ2n) is 5.15. The fraction of sp³-hybridized carbons (Fsp3) is 0.250. The van der Waals surface area contributed by atoms with E-state index in [1.165, 1.54) is 0 Å². The highest BCUT2D eigenvalue weighted by atomic mass is 16.5. The number of aliphatic hydroxyl groups is 1. The minimum Gasteiger partial charge on any atom is -0.481 e. The maximum Gasteiger partial charge on any atom is 0.222 e. The number of fused-ring (bicyclic) bond motifs is 1. The van der Waals surface area contributed by atoms with Crippen LogP contribution < -0.4 is 4.74 Å². The molecule has 0 bridgehead atoms. The largest absolute Gasteiger partial charge is 0.481 e. The molecule has 0 fully saturated rings. The summed E-state index contributed by atoms with van der Waals surface area (Å²) in [6.45, 7) is 1.77. The molecule has 5 heteroatoms. The van der Waals surface area contributed by atoms with Crippen LogP contribution in [0.25, 0.3) is 10.9 Å². The standard InChI is InChI=1S/C16H17N3O2/c1-16(20,11-4-7-17-8-5-11)14-10-12-13(19(14)2)6-9-18-15(12)21-3/h4-10,20H,1-3H3/t16-/m0/s1. The van der Waals surface area contributed by atoms with Gasteiger partial charge in [0, 0.05) is 25.6 Å². The normalized spacial score (nSPS) is 14.1. The smallest absolute Gasteiger partial charge is 0.222 e. The van der Waals surface area contributed by atoms with Gasteiger partial charge in [0.15, 0.2) is 0 Å².